The quantitative estimate of drug-likeness (QED) is 0.344. The average Bonchev–Trinajstić information content (AvgIpc) is 3.62. The number of fused-ring (bicyclic) bond motifs is 1. The molecule has 0 amide bonds. The van der Waals surface area contributed by atoms with Crippen LogP contribution in [0.25, 0.3) is 22.1 Å². The molecular weight excluding hydrogens is 526 g/mol. The van der Waals surface area contributed by atoms with Gasteiger partial charge in [-0.3, -0.25) is 4.90 Å². The zero-order valence-electron chi connectivity index (χ0n) is 23.7. The van der Waals surface area contributed by atoms with Gasteiger partial charge in [0.15, 0.2) is 11.9 Å². The van der Waals surface area contributed by atoms with Gasteiger partial charge in [0.1, 0.15) is 0 Å². The number of piperidine rings is 1. The van der Waals surface area contributed by atoms with Crippen molar-refractivity contribution in [1.29, 1.82) is 0 Å². The first-order chi connectivity index (χ1) is 19.8. The average molecular weight is 566 g/mol. The van der Waals surface area contributed by atoms with Gasteiger partial charge >= 0.3 is 11.9 Å². The second-order valence-electron chi connectivity index (χ2n) is 10.7. The lowest BCUT2D eigenvalue weighted by Crippen LogP contribution is -2.39. The SMILES string of the molecule is CN(C)Cc1c(-c2ccccc2)ccc2c(CCC3CCN(CC4OCCO4)CC3)noc12.O=C(O)/C=C/C(=O)O. The van der Waals surface area contributed by atoms with Crippen molar-refractivity contribution in [3.63, 3.8) is 0 Å². The largest absolute Gasteiger partial charge is 0.478 e. The van der Waals surface area contributed by atoms with E-state index in [1.807, 2.05) is 0 Å². The normalized spacial score (nSPS) is 16.9. The van der Waals surface area contributed by atoms with Crippen LogP contribution >= 0.6 is 0 Å². The highest BCUT2D eigenvalue weighted by Gasteiger charge is 2.25. The van der Waals surface area contributed by atoms with Gasteiger partial charge in [0.05, 0.1) is 18.9 Å². The van der Waals surface area contributed by atoms with E-state index in [1.54, 1.807) is 0 Å². The van der Waals surface area contributed by atoms with Gasteiger partial charge in [-0.1, -0.05) is 41.6 Å². The number of hydrogen-bond acceptors (Lipinski definition) is 8. The number of rotatable bonds is 10. The van der Waals surface area contributed by atoms with Crippen LogP contribution in [0.5, 0.6) is 0 Å². The van der Waals surface area contributed by atoms with Crippen LogP contribution in [0.1, 0.15) is 30.5 Å². The van der Waals surface area contributed by atoms with Crippen molar-refractivity contribution >= 4 is 22.9 Å². The van der Waals surface area contributed by atoms with Crippen molar-refractivity contribution < 1.29 is 33.8 Å². The van der Waals surface area contributed by atoms with Gasteiger partial charge in [-0.25, -0.2) is 9.59 Å². The summed E-state index contributed by atoms with van der Waals surface area (Å²) >= 11 is 0. The van der Waals surface area contributed by atoms with Crippen molar-refractivity contribution in [3.8, 4) is 11.1 Å². The molecule has 10 heteroatoms. The topological polar surface area (TPSA) is 126 Å². The number of carboxylic acid groups (broad SMARTS) is 2. The summed E-state index contributed by atoms with van der Waals surface area (Å²) in [5, 5.41) is 21.3. The van der Waals surface area contributed by atoms with E-state index in [-0.39, 0.29) is 6.29 Å². The summed E-state index contributed by atoms with van der Waals surface area (Å²) in [4.78, 5) is 23.8. The minimum Gasteiger partial charge on any atom is -0.478 e. The van der Waals surface area contributed by atoms with E-state index in [9.17, 15) is 9.59 Å². The fourth-order valence-electron chi connectivity index (χ4n) is 5.32. The standard InChI is InChI=1S/C27H35N3O3.C4H4O4/c1-29(2)18-24-22(21-6-4-3-5-7-21)9-10-23-25(28-33-27(23)24)11-8-20-12-14-30(15-13-20)19-26-31-16-17-32-26;5-3(6)1-2-4(7)8/h3-7,9-10,20,26H,8,11-19H2,1-2H3;1-2H,(H,5,6)(H,7,8)/b;2-1+. The molecule has 2 aliphatic rings. The van der Waals surface area contributed by atoms with E-state index in [1.165, 1.54) is 34.9 Å². The third kappa shape index (κ3) is 8.96. The first-order valence-corrected chi connectivity index (χ1v) is 14.0. The smallest absolute Gasteiger partial charge is 0.328 e. The number of aryl methyl sites for hydroxylation is 1. The fourth-order valence-corrected chi connectivity index (χ4v) is 5.32. The number of aliphatic carboxylic acids is 2. The maximum Gasteiger partial charge on any atom is 0.328 e. The third-order valence-electron chi connectivity index (χ3n) is 7.34. The summed E-state index contributed by atoms with van der Waals surface area (Å²) in [7, 11) is 4.20. The second kappa shape index (κ2) is 14.9. The summed E-state index contributed by atoms with van der Waals surface area (Å²) in [5.74, 6) is -1.77. The Morgan fingerprint density at radius 2 is 1.66 bits per heavy atom. The Hall–Kier alpha value is -3.57. The van der Waals surface area contributed by atoms with E-state index in [0.717, 1.165) is 69.4 Å². The Balaban J connectivity index is 0.000000426. The molecule has 5 rings (SSSR count). The molecule has 2 fully saturated rings. The lowest BCUT2D eigenvalue weighted by molar-refractivity contribution is -0.134. The van der Waals surface area contributed by atoms with Gasteiger partial charge in [0, 0.05) is 36.2 Å². The molecule has 0 spiro atoms. The molecule has 0 saturated carbocycles. The van der Waals surface area contributed by atoms with Crippen LogP contribution in [0.4, 0.5) is 0 Å². The highest BCUT2D eigenvalue weighted by Crippen LogP contribution is 2.34. The molecule has 10 nitrogen and oxygen atoms in total. The molecule has 0 atom stereocenters. The number of carboxylic acids is 2. The number of hydrogen-bond donors (Lipinski definition) is 2. The number of aromatic nitrogens is 1. The predicted molar refractivity (Wildman–Crippen MR) is 154 cm³/mol. The maximum absolute atomic E-state index is 9.55. The van der Waals surface area contributed by atoms with Crippen molar-refractivity contribution in [2.24, 2.45) is 5.92 Å². The Kier molecular flexibility index (Phi) is 11.0. The van der Waals surface area contributed by atoms with E-state index in [2.05, 4.69) is 71.5 Å². The molecule has 0 radical (unpaired) electrons. The van der Waals surface area contributed by atoms with Gasteiger partial charge in [-0.15, -0.1) is 0 Å². The van der Waals surface area contributed by atoms with Crippen molar-refractivity contribution in [2.45, 2.75) is 38.5 Å². The molecule has 3 aromatic rings. The monoisotopic (exact) mass is 565 g/mol. The molecule has 220 valence electrons. The van der Waals surface area contributed by atoms with E-state index < -0.39 is 11.9 Å². The summed E-state index contributed by atoms with van der Waals surface area (Å²) in [5.41, 5.74) is 5.69. The maximum atomic E-state index is 9.55. The first-order valence-electron chi connectivity index (χ1n) is 14.0. The van der Waals surface area contributed by atoms with Crippen LogP contribution in [-0.2, 0) is 32.0 Å². The molecule has 2 saturated heterocycles. The van der Waals surface area contributed by atoms with Crippen molar-refractivity contribution in [1.82, 2.24) is 15.0 Å². The molecule has 0 bridgehead atoms. The lowest BCUT2D eigenvalue weighted by Gasteiger charge is -2.32. The molecule has 2 N–H and O–H groups in total. The van der Waals surface area contributed by atoms with E-state index >= 15 is 0 Å². The van der Waals surface area contributed by atoms with Gasteiger partial charge in [0.25, 0.3) is 0 Å². The third-order valence-corrected chi connectivity index (χ3v) is 7.34. The Morgan fingerprint density at radius 3 is 2.27 bits per heavy atom. The van der Waals surface area contributed by atoms with E-state index in [4.69, 9.17) is 24.2 Å². The Labute approximate surface area is 240 Å². The zero-order valence-corrected chi connectivity index (χ0v) is 23.7. The fraction of sp³-hybridized carbons (Fsp3) is 0.452. The predicted octanol–water partition coefficient (Wildman–Crippen LogP) is 4.29. The van der Waals surface area contributed by atoms with E-state index in [0.29, 0.717) is 12.2 Å². The number of likely N-dealkylation sites (tertiary alicyclic amines) is 1. The first kappa shape index (κ1) is 30.4. The molecule has 0 aliphatic carbocycles. The van der Waals surface area contributed by atoms with Crippen LogP contribution in [-0.4, -0.2) is 90.3 Å². The molecule has 3 heterocycles. The second-order valence-corrected chi connectivity index (χ2v) is 10.7. The van der Waals surface area contributed by atoms with Crippen LogP contribution in [0.3, 0.4) is 0 Å². The molecule has 2 aliphatic heterocycles. The molecule has 0 unspecified atom stereocenters. The van der Waals surface area contributed by atoms with Crippen LogP contribution in [0.15, 0.2) is 59.1 Å². The van der Waals surface area contributed by atoms with Gasteiger partial charge in [0.2, 0.25) is 0 Å². The summed E-state index contributed by atoms with van der Waals surface area (Å²) in [6, 6.07) is 15.0. The molecule has 2 aromatic carbocycles. The highest BCUT2D eigenvalue weighted by molar-refractivity contribution is 5.90. The number of carbonyl (C=O) groups is 2. The van der Waals surface area contributed by atoms with Gasteiger partial charge < -0.3 is 29.1 Å². The van der Waals surface area contributed by atoms with Gasteiger partial charge in [-0.05, 0) is 76.0 Å². The Bertz CT molecular complexity index is 1290. The van der Waals surface area contributed by atoms with Gasteiger partial charge in [-0.2, -0.15) is 0 Å². The minimum atomic E-state index is -1.26. The minimum absolute atomic E-state index is 0.0276. The zero-order chi connectivity index (χ0) is 29.2. The summed E-state index contributed by atoms with van der Waals surface area (Å²) in [6.45, 7) is 5.44. The van der Waals surface area contributed by atoms with Crippen molar-refractivity contribution in [2.75, 3.05) is 46.9 Å². The lowest BCUT2D eigenvalue weighted by atomic mass is 9.90. The number of ether oxygens (including phenoxy) is 2. The van der Waals surface area contributed by atoms with Crippen LogP contribution < -0.4 is 0 Å². The molecule has 1 aromatic heterocycles. The Morgan fingerprint density at radius 1 is 1.00 bits per heavy atom. The summed E-state index contributed by atoms with van der Waals surface area (Å²) < 4.78 is 17.2. The highest BCUT2D eigenvalue weighted by atomic mass is 16.7. The summed E-state index contributed by atoms with van der Waals surface area (Å²) in [6.07, 6.45) is 5.68. The van der Waals surface area contributed by atoms with Crippen LogP contribution in [0.2, 0.25) is 0 Å². The number of benzene rings is 2. The molecular formula is C31H39N3O7. The van der Waals surface area contributed by atoms with Crippen molar-refractivity contribution in [3.05, 3.63) is 65.9 Å². The number of nitrogens with zero attached hydrogens (tertiary/aromatic N) is 3. The van der Waals surface area contributed by atoms with Crippen LogP contribution in [0, 0.1) is 5.92 Å². The molecule has 41 heavy (non-hydrogen) atoms.